The first kappa shape index (κ1) is 18.5. The zero-order valence-electron chi connectivity index (χ0n) is 11.8. The minimum atomic E-state index is -0.437. The summed E-state index contributed by atoms with van der Waals surface area (Å²) in [5, 5.41) is 9.44. The maximum Gasteiger partial charge on any atom is 0.0689 e. The summed E-state index contributed by atoms with van der Waals surface area (Å²) in [6.07, 6.45) is 13.2. The molecule has 0 rings (SSSR count). The van der Waals surface area contributed by atoms with Crippen molar-refractivity contribution < 1.29 is 5.11 Å². The van der Waals surface area contributed by atoms with E-state index in [2.05, 4.69) is 6.92 Å². The van der Waals surface area contributed by atoms with Crippen LogP contribution in [0.25, 0.3) is 0 Å². The second kappa shape index (κ2) is 14.0. The molecule has 110 valence electrons. The van der Waals surface area contributed by atoms with Gasteiger partial charge in [0.25, 0.3) is 0 Å². The number of unbranched alkanes of at least 4 members (excludes halogenated alkanes) is 8. The Hall–Kier alpha value is 0.540. The Morgan fingerprint density at radius 3 is 1.89 bits per heavy atom. The van der Waals surface area contributed by atoms with Crippen molar-refractivity contribution in [1.82, 2.24) is 0 Å². The number of aliphatic hydroxyl groups excluding tert-OH is 1. The average Bonchev–Trinajstić information content (AvgIpc) is 2.36. The molecule has 18 heavy (non-hydrogen) atoms. The Morgan fingerprint density at radius 1 is 0.889 bits per heavy atom. The molecule has 1 nitrogen and oxygen atoms in total. The maximum atomic E-state index is 9.36. The van der Waals surface area contributed by atoms with E-state index in [1.165, 1.54) is 57.8 Å². The zero-order valence-corrected chi connectivity index (χ0v) is 13.4. The summed E-state index contributed by atoms with van der Waals surface area (Å²) in [7, 11) is 0. The molecule has 0 heterocycles. The van der Waals surface area contributed by atoms with Crippen molar-refractivity contribution >= 4 is 23.2 Å². The first-order valence-electron chi connectivity index (χ1n) is 7.58. The highest BCUT2D eigenvalue weighted by Gasteiger charge is 2.10. The van der Waals surface area contributed by atoms with E-state index >= 15 is 0 Å². The average molecular weight is 297 g/mol. The van der Waals surface area contributed by atoms with Crippen LogP contribution in [0.3, 0.4) is 0 Å². The van der Waals surface area contributed by atoms with E-state index in [4.69, 9.17) is 23.2 Å². The number of aliphatic hydroxyl groups is 1. The molecule has 0 aromatic rings. The molecule has 0 saturated heterocycles. The van der Waals surface area contributed by atoms with E-state index in [0.717, 1.165) is 6.42 Å². The lowest BCUT2D eigenvalue weighted by Gasteiger charge is -2.12. The Labute approximate surface area is 123 Å². The molecule has 0 aliphatic heterocycles. The Bertz CT molecular complexity index is 165. The fourth-order valence-electron chi connectivity index (χ4n) is 2.15. The Balaban J connectivity index is 3.15. The van der Waals surface area contributed by atoms with Crippen molar-refractivity contribution in [2.75, 3.05) is 5.88 Å². The fourth-order valence-corrected chi connectivity index (χ4v) is 2.64. The molecule has 0 radical (unpaired) electrons. The van der Waals surface area contributed by atoms with Crippen molar-refractivity contribution in [1.29, 1.82) is 0 Å². The molecular formula is C15H30Cl2O. The predicted molar refractivity (Wildman–Crippen MR) is 82.8 cm³/mol. The lowest BCUT2D eigenvalue weighted by Crippen LogP contribution is -2.15. The number of hydrogen-bond donors (Lipinski definition) is 1. The number of alkyl halides is 2. The number of rotatable bonds is 13. The molecule has 0 amide bonds. The van der Waals surface area contributed by atoms with Crippen LogP contribution < -0.4 is 0 Å². The van der Waals surface area contributed by atoms with Crippen molar-refractivity contribution in [3.63, 3.8) is 0 Å². The van der Waals surface area contributed by atoms with Gasteiger partial charge in [0.05, 0.1) is 6.10 Å². The largest absolute Gasteiger partial charge is 0.392 e. The summed E-state index contributed by atoms with van der Waals surface area (Å²) < 4.78 is 0. The molecule has 0 aromatic heterocycles. The minimum Gasteiger partial charge on any atom is -0.392 e. The summed E-state index contributed by atoms with van der Waals surface area (Å²) in [6, 6.07) is 0. The first-order valence-corrected chi connectivity index (χ1v) is 8.55. The molecule has 2 unspecified atom stereocenters. The third-order valence-electron chi connectivity index (χ3n) is 3.33. The fraction of sp³-hybridized carbons (Fsp3) is 1.00. The van der Waals surface area contributed by atoms with Crippen LogP contribution in [0.1, 0.15) is 77.6 Å². The van der Waals surface area contributed by atoms with Crippen LogP contribution in [0.2, 0.25) is 0 Å². The zero-order chi connectivity index (χ0) is 13.6. The highest BCUT2D eigenvalue weighted by atomic mass is 35.5. The molecule has 0 aromatic carbocycles. The van der Waals surface area contributed by atoms with Crippen LogP contribution in [0.15, 0.2) is 0 Å². The second-order valence-corrected chi connectivity index (χ2v) is 6.18. The predicted octanol–water partition coefficient (Wildman–Crippen LogP) is 5.50. The van der Waals surface area contributed by atoms with Crippen LogP contribution in [0.4, 0.5) is 0 Å². The molecule has 2 atom stereocenters. The van der Waals surface area contributed by atoms with Crippen molar-refractivity contribution in [2.24, 2.45) is 0 Å². The van der Waals surface area contributed by atoms with E-state index in [9.17, 15) is 5.11 Å². The molecule has 0 aliphatic rings. The molecule has 0 saturated carbocycles. The van der Waals surface area contributed by atoms with E-state index in [1.807, 2.05) is 0 Å². The van der Waals surface area contributed by atoms with Gasteiger partial charge < -0.3 is 5.11 Å². The summed E-state index contributed by atoms with van der Waals surface area (Å²) in [5.41, 5.74) is 0. The summed E-state index contributed by atoms with van der Waals surface area (Å²) >= 11 is 11.7. The van der Waals surface area contributed by atoms with Crippen molar-refractivity contribution in [3.8, 4) is 0 Å². The van der Waals surface area contributed by atoms with Crippen LogP contribution in [-0.2, 0) is 0 Å². The summed E-state index contributed by atoms with van der Waals surface area (Å²) in [4.78, 5) is 0. The van der Waals surface area contributed by atoms with Crippen LogP contribution in [-0.4, -0.2) is 22.5 Å². The van der Waals surface area contributed by atoms with Gasteiger partial charge >= 0.3 is 0 Å². The van der Waals surface area contributed by atoms with E-state index in [1.54, 1.807) is 0 Å². The third kappa shape index (κ3) is 13.0. The highest BCUT2D eigenvalue weighted by Crippen LogP contribution is 2.16. The van der Waals surface area contributed by atoms with Crippen LogP contribution >= 0.6 is 23.2 Å². The van der Waals surface area contributed by atoms with Gasteiger partial charge in [-0.2, -0.15) is 0 Å². The van der Waals surface area contributed by atoms with Gasteiger partial charge in [-0.05, 0) is 12.8 Å². The maximum absolute atomic E-state index is 9.36. The smallest absolute Gasteiger partial charge is 0.0689 e. The minimum absolute atomic E-state index is 0.0864. The number of hydrogen-bond acceptors (Lipinski definition) is 1. The van der Waals surface area contributed by atoms with Gasteiger partial charge in [0.15, 0.2) is 0 Å². The van der Waals surface area contributed by atoms with Gasteiger partial charge in [0.2, 0.25) is 0 Å². The Morgan fingerprint density at radius 2 is 1.39 bits per heavy atom. The van der Waals surface area contributed by atoms with Gasteiger partial charge in [-0.1, -0.05) is 64.7 Å². The van der Waals surface area contributed by atoms with Gasteiger partial charge in [-0.15, -0.1) is 23.2 Å². The molecule has 3 heteroatoms. The molecular weight excluding hydrogens is 267 g/mol. The second-order valence-electron chi connectivity index (χ2n) is 5.26. The van der Waals surface area contributed by atoms with Crippen molar-refractivity contribution in [2.45, 2.75) is 89.0 Å². The standard InChI is InChI=1S/C15H30Cl2O/c1-2-3-4-5-6-7-8-9-10-11-14(17)12-15(18)13-16/h14-15,18H,2-13H2,1H3. The summed E-state index contributed by atoms with van der Waals surface area (Å²) in [5.74, 6) is 0.293. The van der Waals surface area contributed by atoms with Gasteiger partial charge in [-0.25, -0.2) is 0 Å². The van der Waals surface area contributed by atoms with E-state index in [-0.39, 0.29) is 5.38 Å². The SMILES string of the molecule is CCCCCCCCCCCC(Cl)CC(O)CCl. The molecule has 1 N–H and O–H groups in total. The van der Waals surface area contributed by atoms with E-state index < -0.39 is 6.10 Å². The van der Waals surface area contributed by atoms with E-state index in [0.29, 0.717) is 12.3 Å². The van der Waals surface area contributed by atoms with Crippen molar-refractivity contribution in [3.05, 3.63) is 0 Å². The quantitative estimate of drug-likeness (QED) is 0.351. The van der Waals surface area contributed by atoms with Gasteiger partial charge in [0.1, 0.15) is 0 Å². The normalized spacial score (nSPS) is 14.7. The lowest BCUT2D eigenvalue weighted by molar-refractivity contribution is 0.185. The van der Waals surface area contributed by atoms with Gasteiger partial charge in [0, 0.05) is 11.3 Å². The number of halogens is 2. The lowest BCUT2D eigenvalue weighted by atomic mass is 10.0. The van der Waals surface area contributed by atoms with Gasteiger partial charge in [-0.3, -0.25) is 0 Å². The highest BCUT2D eigenvalue weighted by molar-refractivity contribution is 6.21. The third-order valence-corrected chi connectivity index (χ3v) is 4.08. The topological polar surface area (TPSA) is 20.2 Å². The Kier molecular flexibility index (Phi) is 14.4. The molecule has 0 bridgehead atoms. The summed E-state index contributed by atoms with van der Waals surface area (Å²) in [6.45, 7) is 2.25. The van der Waals surface area contributed by atoms with Crippen LogP contribution in [0.5, 0.6) is 0 Å². The first-order chi connectivity index (χ1) is 8.70. The molecule has 0 fully saturated rings. The van der Waals surface area contributed by atoms with Crippen LogP contribution in [0, 0.1) is 0 Å². The molecule has 0 spiro atoms. The monoisotopic (exact) mass is 296 g/mol. The molecule has 0 aliphatic carbocycles.